The highest BCUT2D eigenvalue weighted by atomic mass is 35.5. The summed E-state index contributed by atoms with van der Waals surface area (Å²) < 4.78 is 5.50. The fourth-order valence-electron chi connectivity index (χ4n) is 1.82. The summed E-state index contributed by atoms with van der Waals surface area (Å²) in [5, 5.41) is 4.26. The smallest absolute Gasteiger partial charge is 0.0748 e. The van der Waals surface area contributed by atoms with Crippen molar-refractivity contribution in [3.8, 4) is 0 Å². The maximum atomic E-state index is 6.06. The van der Waals surface area contributed by atoms with Gasteiger partial charge in [0.15, 0.2) is 0 Å². The van der Waals surface area contributed by atoms with E-state index in [1.165, 1.54) is 0 Å². The molecule has 1 N–H and O–H groups in total. The Morgan fingerprint density at radius 1 is 1.47 bits per heavy atom. The molecule has 0 radical (unpaired) electrons. The van der Waals surface area contributed by atoms with Crippen LogP contribution in [0.5, 0.6) is 0 Å². The van der Waals surface area contributed by atoms with Crippen LogP contribution in [0.25, 0.3) is 0 Å². The summed E-state index contributed by atoms with van der Waals surface area (Å²) in [5.41, 5.74) is 2.19. The molecule has 0 spiro atoms. The summed E-state index contributed by atoms with van der Waals surface area (Å²) in [7, 11) is 0. The average molecular weight is 226 g/mol. The number of nitrogens with one attached hydrogen (secondary N) is 1. The Morgan fingerprint density at radius 3 is 2.87 bits per heavy atom. The van der Waals surface area contributed by atoms with E-state index in [1.807, 2.05) is 19.1 Å². The van der Waals surface area contributed by atoms with Gasteiger partial charge in [-0.05, 0) is 38.0 Å². The second-order valence-electron chi connectivity index (χ2n) is 4.08. The Balaban J connectivity index is 2.07. The summed E-state index contributed by atoms with van der Waals surface area (Å²) in [6.07, 6.45) is 1.34. The van der Waals surface area contributed by atoms with Crippen molar-refractivity contribution in [1.82, 2.24) is 0 Å². The van der Waals surface area contributed by atoms with Crippen LogP contribution in [0.2, 0.25) is 5.02 Å². The van der Waals surface area contributed by atoms with Crippen LogP contribution in [0, 0.1) is 6.92 Å². The largest absolute Gasteiger partial charge is 0.380 e. The molecule has 1 aliphatic rings. The maximum absolute atomic E-state index is 6.06. The number of ether oxygens (including phenoxy) is 1. The molecule has 0 saturated carbocycles. The van der Waals surface area contributed by atoms with Gasteiger partial charge in [-0.15, -0.1) is 0 Å². The lowest BCUT2D eigenvalue weighted by molar-refractivity contribution is 0.121. The highest BCUT2D eigenvalue weighted by molar-refractivity contribution is 6.31. The molecule has 1 aromatic carbocycles. The molecular formula is C12H16ClNO. The van der Waals surface area contributed by atoms with Crippen molar-refractivity contribution in [2.75, 3.05) is 11.9 Å². The normalized spacial score (nSPS) is 25.5. The molecule has 1 fully saturated rings. The van der Waals surface area contributed by atoms with Crippen molar-refractivity contribution < 1.29 is 4.74 Å². The number of rotatable bonds is 2. The highest BCUT2D eigenvalue weighted by Crippen LogP contribution is 2.23. The third-order valence-electron chi connectivity index (χ3n) is 2.90. The van der Waals surface area contributed by atoms with Crippen LogP contribution in [0.15, 0.2) is 18.2 Å². The number of anilines is 1. The van der Waals surface area contributed by atoms with E-state index in [2.05, 4.69) is 18.3 Å². The molecule has 1 aromatic rings. The van der Waals surface area contributed by atoms with Gasteiger partial charge in [0.25, 0.3) is 0 Å². The van der Waals surface area contributed by atoms with Gasteiger partial charge in [0, 0.05) is 17.3 Å². The van der Waals surface area contributed by atoms with Crippen molar-refractivity contribution in [3.63, 3.8) is 0 Å². The van der Waals surface area contributed by atoms with Crippen LogP contribution < -0.4 is 5.32 Å². The predicted molar refractivity (Wildman–Crippen MR) is 63.6 cm³/mol. The number of hydrogen-bond donors (Lipinski definition) is 1. The molecule has 15 heavy (non-hydrogen) atoms. The molecule has 82 valence electrons. The summed E-state index contributed by atoms with van der Waals surface area (Å²) in [5.74, 6) is 0. The first kappa shape index (κ1) is 10.8. The molecular weight excluding hydrogens is 210 g/mol. The molecule has 1 aliphatic heterocycles. The minimum Gasteiger partial charge on any atom is -0.380 e. The van der Waals surface area contributed by atoms with Gasteiger partial charge in [-0.1, -0.05) is 17.7 Å². The molecule has 2 nitrogen and oxygen atoms in total. The minimum atomic E-state index is 0.282. The van der Waals surface area contributed by atoms with Gasteiger partial charge >= 0.3 is 0 Å². The van der Waals surface area contributed by atoms with Crippen LogP contribution in [0.1, 0.15) is 18.9 Å². The Labute approximate surface area is 95.6 Å². The first-order chi connectivity index (χ1) is 7.16. The number of aryl methyl sites for hydroxylation is 1. The molecule has 0 unspecified atom stereocenters. The van der Waals surface area contributed by atoms with E-state index in [0.29, 0.717) is 6.04 Å². The van der Waals surface area contributed by atoms with E-state index in [1.54, 1.807) is 0 Å². The van der Waals surface area contributed by atoms with Gasteiger partial charge in [-0.2, -0.15) is 0 Å². The van der Waals surface area contributed by atoms with Crippen LogP contribution >= 0.6 is 11.6 Å². The fraction of sp³-hybridized carbons (Fsp3) is 0.500. The van der Waals surface area contributed by atoms with Gasteiger partial charge < -0.3 is 10.1 Å². The summed E-state index contributed by atoms with van der Waals surface area (Å²) in [6.45, 7) is 4.95. The molecule has 1 heterocycles. The first-order valence-corrected chi connectivity index (χ1v) is 5.69. The number of halogens is 1. The van der Waals surface area contributed by atoms with E-state index < -0.39 is 0 Å². The zero-order valence-corrected chi connectivity index (χ0v) is 9.84. The molecule has 0 aromatic heterocycles. The van der Waals surface area contributed by atoms with E-state index in [9.17, 15) is 0 Å². The first-order valence-electron chi connectivity index (χ1n) is 5.31. The van der Waals surface area contributed by atoms with E-state index in [4.69, 9.17) is 16.3 Å². The van der Waals surface area contributed by atoms with Crippen molar-refractivity contribution in [2.45, 2.75) is 32.4 Å². The van der Waals surface area contributed by atoms with E-state index in [0.717, 1.165) is 29.3 Å². The van der Waals surface area contributed by atoms with Crippen LogP contribution in [-0.2, 0) is 4.74 Å². The topological polar surface area (TPSA) is 21.3 Å². The molecule has 2 rings (SSSR count). The lowest BCUT2D eigenvalue weighted by Crippen LogP contribution is -2.26. The molecule has 1 saturated heterocycles. The Bertz CT molecular complexity index is 353. The minimum absolute atomic E-state index is 0.282. The van der Waals surface area contributed by atoms with Crippen molar-refractivity contribution >= 4 is 17.3 Å². The SMILES string of the molecule is Cc1ccc(N[C@@H]2CCO[C@@H]2C)cc1Cl. The maximum Gasteiger partial charge on any atom is 0.0748 e. The Morgan fingerprint density at radius 2 is 2.27 bits per heavy atom. The molecule has 3 heteroatoms. The zero-order valence-electron chi connectivity index (χ0n) is 9.09. The third kappa shape index (κ3) is 2.44. The van der Waals surface area contributed by atoms with E-state index >= 15 is 0 Å². The van der Waals surface area contributed by atoms with Crippen LogP contribution in [-0.4, -0.2) is 18.8 Å². The Hall–Kier alpha value is -0.730. The second kappa shape index (κ2) is 4.42. The Kier molecular flexibility index (Phi) is 3.17. The highest BCUT2D eigenvalue weighted by Gasteiger charge is 2.23. The van der Waals surface area contributed by atoms with Gasteiger partial charge in [0.2, 0.25) is 0 Å². The number of hydrogen-bond acceptors (Lipinski definition) is 2. The molecule has 0 bridgehead atoms. The standard InChI is InChI=1S/C12H16ClNO/c1-8-3-4-10(7-11(8)13)14-12-5-6-15-9(12)2/h3-4,7,9,12,14H,5-6H2,1-2H3/t9-,12-/m1/s1. The monoisotopic (exact) mass is 225 g/mol. The number of benzene rings is 1. The second-order valence-corrected chi connectivity index (χ2v) is 4.49. The zero-order chi connectivity index (χ0) is 10.8. The van der Waals surface area contributed by atoms with Crippen molar-refractivity contribution in [3.05, 3.63) is 28.8 Å². The van der Waals surface area contributed by atoms with Crippen molar-refractivity contribution in [2.24, 2.45) is 0 Å². The molecule has 2 atom stereocenters. The van der Waals surface area contributed by atoms with Gasteiger partial charge in [-0.25, -0.2) is 0 Å². The molecule has 0 aliphatic carbocycles. The quantitative estimate of drug-likeness (QED) is 0.835. The van der Waals surface area contributed by atoms with E-state index in [-0.39, 0.29) is 6.10 Å². The summed E-state index contributed by atoms with van der Waals surface area (Å²) in [4.78, 5) is 0. The van der Waals surface area contributed by atoms with Gasteiger partial charge in [0.1, 0.15) is 0 Å². The summed E-state index contributed by atoms with van der Waals surface area (Å²) >= 11 is 6.06. The lowest BCUT2D eigenvalue weighted by Gasteiger charge is -2.17. The van der Waals surface area contributed by atoms with Crippen molar-refractivity contribution in [1.29, 1.82) is 0 Å². The summed E-state index contributed by atoms with van der Waals surface area (Å²) in [6, 6.07) is 6.48. The molecule has 0 amide bonds. The van der Waals surface area contributed by atoms with Gasteiger partial charge in [0.05, 0.1) is 12.1 Å². The lowest BCUT2D eigenvalue weighted by atomic mass is 10.1. The van der Waals surface area contributed by atoms with Crippen LogP contribution in [0.3, 0.4) is 0 Å². The fourth-order valence-corrected chi connectivity index (χ4v) is 2.00. The predicted octanol–water partition coefficient (Wildman–Crippen LogP) is 3.24. The van der Waals surface area contributed by atoms with Gasteiger partial charge in [-0.3, -0.25) is 0 Å². The third-order valence-corrected chi connectivity index (χ3v) is 3.31. The van der Waals surface area contributed by atoms with Crippen LogP contribution in [0.4, 0.5) is 5.69 Å². The average Bonchev–Trinajstić information content (AvgIpc) is 2.59.